The van der Waals surface area contributed by atoms with Crippen LogP contribution in [0.5, 0.6) is 0 Å². The van der Waals surface area contributed by atoms with Crippen LogP contribution in [0.1, 0.15) is 32.1 Å². The van der Waals surface area contributed by atoms with Gasteiger partial charge in [-0.25, -0.2) is 0 Å². The van der Waals surface area contributed by atoms with E-state index in [1.54, 1.807) is 0 Å². The van der Waals surface area contributed by atoms with Crippen molar-refractivity contribution >= 4 is 17.3 Å². The number of hydrogen-bond donors (Lipinski definition) is 1. The zero-order valence-corrected chi connectivity index (χ0v) is 14.7. The van der Waals surface area contributed by atoms with Crippen LogP contribution in [0.2, 0.25) is 0 Å². The van der Waals surface area contributed by atoms with Gasteiger partial charge in [0.2, 0.25) is 5.91 Å². The van der Waals surface area contributed by atoms with Crippen LogP contribution in [0.4, 0.5) is 11.4 Å². The van der Waals surface area contributed by atoms with Crippen molar-refractivity contribution in [2.75, 3.05) is 43.4 Å². The molecule has 0 spiro atoms. The molecule has 0 aromatic heterocycles. The maximum absolute atomic E-state index is 12.3. The van der Waals surface area contributed by atoms with E-state index in [1.807, 2.05) is 12.1 Å². The first-order valence-corrected chi connectivity index (χ1v) is 9.51. The van der Waals surface area contributed by atoms with Gasteiger partial charge < -0.3 is 15.1 Å². The molecule has 1 saturated heterocycles. The fourth-order valence-corrected chi connectivity index (χ4v) is 4.90. The van der Waals surface area contributed by atoms with Gasteiger partial charge in [-0.1, -0.05) is 6.42 Å². The highest BCUT2D eigenvalue weighted by molar-refractivity contribution is 5.91. The third-order valence-electron chi connectivity index (χ3n) is 6.35. The molecular formula is C20H29N3O. The minimum Gasteiger partial charge on any atom is -0.369 e. The summed E-state index contributed by atoms with van der Waals surface area (Å²) in [6.07, 6.45) is 6.11. The molecule has 24 heavy (non-hydrogen) atoms. The number of piperazine rings is 1. The lowest BCUT2D eigenvalue weighted by molar-refractivity contribution is -0.117. The molecule has 1 aliphatic heterocycles. The normalized spacial score (nSPS) is 29.9. The Labute approximate surface area is 145 Å². The number of amides is 1. The quantitative estimate of drug-likeness (QED) is 0.922. The van der Waals surface area contributed by atoms with Gasteiger partial charge in [0.1, 0.15) is 0 Å². The summed E-state index contributed by atoms with van der Waals surface area (Å²) in [6.45, 7) is 4.38. The lowest BCUT2D eigenvalue weighted by atomic mass is 9.86. The van der Waals surface area contributed by atoms with E-state index in [-0.39, 0.29) is 5.91 Å². The number of rotatable bonds is 4. The number of likely N-dealkylation sites (N-methyl/N-ethyl adjacent to an activating group) is 1. The zero-order valence-electron chi connectivity index (χ0n) is 14.7. The third-order valence-corrected chi connectivity index (χ3v) is 6.35. The highest BCUT2D eigenvalue weighted by Crippen LogP contribution is 2.49. The Bertz CT molecular complexity index is 577. The Balaban J connectivity index is 1.29. The van der Waals surface area contributed by atoms with E-state index in [4.69, 9.17) is 0 Å². The lowest BCUT2D eigenvalue weighted by Crippen LogP contribution is -2.44. The standard InChI is InChI=1S/C20H29N3O/c1-22-8-10-23(11-9-22)19-6-4-18(5-7-19)21-20(24)14-17-13-15-2-3-16(17)12-15/h4-7,15-17H,2-3,8-14H2,1H3,(H,21,24)/t15-,16+,17+/m0/s1. The highest BCUT2D eigenvalue weighted by Gasteiger charge is 2.40. The Morgan fingerprint density at radius 2 is 1.83 bits per heavy atom. The molecule has 3 fully saturated rings. The van der Waals surface area contributed by atoms with Crippen molar-refractivity contribution in [1.29, 1.82) is 0 Å². The predicted octanol–water partition coefficient (Wildman–Crippen LogP) is 3.20. The molecule has 0 radical (unpaired) electrons. The van der Waals surface area contributed by atoms with E-state index in [1.165, 1.54) is 31.4 Å². The van der Waals surface area contributed by atoms with Crippen LogP contribution in [0, 0.1) is 17.8 Å². The molecule has 3 aliphatic rings. The van der Waals surface area contributed by atoms with E-state index < -0.39 is 0 Å². The minimum absolute atomic E-state index is 0.194. The number of nitrogens with one attached hydrogen (secondary N) is 1. The Kier molecular flexibility index (Phi) is 4.49. The van der Waals surface area contributed by atoms with E-state index in [0.29, 0.717) is 12.3 Å². The van der Waals surface area contributed by atoms with Crippen molar-refractivity contribution < 1.29 is 4.79 Å². The number of nitrogens with zero attached hydrogens (tertiary/aromatic N) is 2. The molecule has 1 N–H and O–H groups in total. The van der Waals surface area contributed by atoms with Crippen LogP contribution in [0.15, 0.2) is 24.3 Å². The second-order valence-electron chi connectivity index (χ2n) is 8.02. The predicted molar refractivity (Wildman–Crippen MR) is 98.3 cm³/mol. The third kappa shape index (κ3) is 3.44. The van der Waals surface area contributed by atoms with Crippen LogP contribution in [0.25, 0.3) is 0 Å². The highest BCUT2D eigenvalue weighted by atomic mass is 16.1. The van der Waals surface area contributed by atoms with Crippen molar-refractivity contribution in [1.82, 2.24) is 4.90 Å². The molecule has 0 unspecified atom stereocenters. The van der Waals surface area contributed by atoms with Gasteiger partial charge in [-0.05, 0) is 68.3 Å². The van der Waals surface area contributed by atoms with Crippen LogP contribution in [-0.4, -0.2) is 44.0 Å². The zero-order chi connectivity index (χ0) is 16.5. The van der Waals surface area contributed by atoms with E-state index in [2.05, 4.69) is 34.3 Å². The number of anilines is 2. The van der Waals surface area contributed by atoms with Gasteiger partial charge >= 0.3 is 0 Å². The Morgan fingerprint density at radius 1 is 1.08 bits per heavy atom. The lowest BCUT2D eigenvalue weighted by Gasteiger charge is -2.34. The smallest absolute Gasteiger partial charge is 0.224 e. The monoisotopic (exact) mass is 327 g/mol. The van der Waals surface area contributed by atoms with E-state index in [9.17, 15) is 4.79 Å². The molecular weight excluding hydrogens is 298 g/mol. The number of carbonyl (C=O) groups excluding carboxylic acids is 1. The first-order chi connectivity index (χ1) is 11.7. The summed E-state index contributed by atoms with van der Waals surface area (Å²) in [6, 6.07) is 8.37. The minimum atomic E-state index is 0.194. The average Bonchev–Trinajstić information content (AvgIpc) is 3.19. The van der Waals surface area contributed by atoms with Crippen molar-refractivity contribution in [2.45, 2.75) is 32.1 Å². The van der Waals surface area contributed by atoms with E-state index in [0.717, 1.165) is 43.7 Å². The average molecular weight is 327 g/mol. The second kappa shape index (κ2) is 6.75. The maximum atomic E-state index is 12.3. The molecule has 4 rings (SSSR count). The summed E-state index contributed by atoms with van der Waals surface area (Å²) < 4.78 is 0. The largest absolute Gasteiger partial charge is 0.369 e. The fraction of sp³-hybridized carbons (Fsp3) is 0.650. The molecule has 1 aromatic rings. The number of hydrogen-bond acceptors (Lipinski definition) is 3. The number of fused-ring (bicyclic) bond motifs is 2. The van der Waals surface area contributed by atoms with Gasteiger partial charge in [-0.15, -0.1) is 0 Å². The molecule has 1 heterocycles. The van der Waals surface area contributed by atoms with Gasteiger partial charge in [0, 0.05) is 44.0 Å². The molecule has 2 bridgehead atoms. The first-order valence-electron chi connectivity index (χ1n) is 9.51. The van der Waals surface area contributed by atoms with Crippen molar-refractivity contribution in [3.8, 4) is 0 Å². The Hall–Kier alpha value is -1.55. The summed E-state index contributed by atoms with van der Waals surface area (Å²) in [5, 5.41) is 3.10. The maximum Gasteiger partial charge on any atom is 0.224 e. The summed E-state index contributed by atoms with van der Waals surface area (Å²) >= 11 is 0. The topological polar surface area (TPSA) is 35.6 Å². The van der Waals surface area contributed by atoms with Gasteiger partial charge in [0.05, 0.1) is 0 Å². The van der Waals surface area contributed by atoms with Crippen molar-refractivity contribution in [3.05, 3.63) is 24.3 Å². The second-order valence-corrected chi connectivity index (χ2v) is 8.02. The SMILES string of the molecule is CN1CCN(c2ccc(NC(=O)C[C@H]3C[C@H]4CC[C@@H]3C4)cc2)CC1. The summed E-state index contributed by atoms with van der Waals surface area (Å²) in [5.74, 6) is 2.56. The fourth-order valence-electron chi connectivity index (χ4n) is 4.90. The van der Waals surface area contributed by atoms with Gasteiger partial charge in [-0.3, -0.25) is 4.79 Å². The molecule has 1 aromatic carbocycles. The summed E-state index contributed by atoms with van der Waals surface area (Å²) in [5.41, 5.74) is 2.19. The van der Waals surface area contributed by atoms with Gasteiger partial charge in [0.25, 0.3) is 0 Å². The summed E-state index contributed by atoms with van der Waals surface area (Å²) in [7, 11) is 2.17. The molecule has 1 amide bonds. The van der Waals surface area contributed by atoms with Crippen LogP contribution in [0.3, 0.4) is 0 Å². The number of benzene rings is 1. The molecule has 4 heteroatoms. The van der Waals surface area contributed by atoms with Crippen LogP contribution < -0.4 is 10.2 Å². The van der Waals surface area contributed by atoms with Crippen molar-refractivity contribution in [2.24, 2.45) is 17.8 Å². The Morgan fingerprint density at radius 3 is 2.46 bits per heavy atom. The summed E-state index contributed by atoms with van der Waals surface area (Å²) in [4.78, 5) is 17.1. The van der Waals surface area contributed by atoms with Gasteiger partial charge in [0.15, 0.2) is 0 Å². The molecule has 4 nitrogen and oxygen atoms in total. The first kappa shape index (κ1) is 15.9. The van der Waals surface area contributed by atoms with Crippen molar-refractivity contribution in [3.63, 3.8) is 0 Å². The van der Waals surface area contributed by atoms with Gasteiger partial charge in [-0.2, -0.15) is 0 Å². The number of carbonyl (C=O) groups is 1. The molecule has 130 valence electrons. The molecule has 2 aliphatic carbocycles. The molecule has 3 atom stereocenters. The van der Waals surface area contributed by atoms with Crippen LogP contribution in [-0.2, 0) is 4.79 Å². The molecule has 2 saturated carbocycles. The van der Waals surface area contributed by atoms with Crippen LogP contribution >= 0.6 is 0 Å². The van der Waals surface area contributed by atoms with E-state index >= 15 is 0 Å².